The van der Waals surface area contributed by atoms with Crippen molar-refractivity contribution in [2.24, 2.45) is 0 Å². The first-order valence-electron chi connectivity index (χ1n) is 10.3. The van der Waals surface area contributed by atoms with Crippen molar-refractivity contribution in [3.05, 3.63) is 64.4 Å². The van der Waals surface area contributed by atoms with Gasteiger partial charge in [0.1, 0.15) is 0 Å². The van der Waals surface area contributed by atoms with E-state index in [-0.39, 0.29) is 12.3 Å². The van der Waals surface area contributed by atoms with Crippen LogP contribution in [0.15, 0.2) is 48.5 Å². The van der Waals surface area contributed by atoms with Gasteiger partial charge in [-0.3, -0.25) is 14.5 Å². The lowest BCUT2D eigenvalue weighted by Crippen LogP contribution is -2.15. The number of rotatable bonds is 11. The topological polar surface area (TPSA) is 81.2 Å². The first kappa shape index (κ1) is 22.9. The van der Waals surface area contributed by atoms with Crippen LogP contribution in [0, 0.1) is 11.7 Å². The second kappa shape index (κ2) is 11.5. The summed E-state index contributed by atoms with van der Waals surface area (Å²) in [7, 11) is 0. The zero-order valence-electron chi connectivity index (χ0n) is 17.9. The molecule has 8 heteroatoms. The van der Waals surface area contributed by atoms with Crippen LogP contribution in [-0.4, -0.2) is 40.5 Å². The van der Waals surface area contributed by atoms with Crippen LogP contribution >= 0.6 is 12.2 Å². The van der Waals surface area contributed by atoms with Crippen molar-refractivity contribution < 1.29 is 14.3 Å². The largest absolute Gasteiger partial charge is 0.379 e. The van der Waals surface area contributed by atoms with Gasteiger partial charge < -0.3 is 14.8 Å². The number of carbonyl (C=O) groups is 1. The third-order valence-corrected chi connectivity index (χ3v) is 4.96. The minimum absolute atomic E-state index is 0.0901. The Morgan fingerprint density at radius 1 is 1.16 bits per heavy atom. The van der Waals surface area contributed by atoms with E-state index in [1.807, 2.05) is 66.9 Å². The molecule has 0 aliphatic heterocycles. The van der Waals surface area contributed by atoms with Crippen LogP contribution in [0.4, 0.5) is 5.69 Å². The first-order chi connectivity index (χ1) is 15.1. The van der Waals surface area contributed by atoms with Crippen molar-refractivity contribution in [2.45, 2.75) is 33.4 Å². The van der Waals surface area contributed by atoms with Gasteiger partial charge in [0.25, 0.3) is 0 Å². The highest BCUT2D eigenvalue weighted by Gasteiger charge is 2.11. The van der Waals surface area contributed by atoms with Gasteiger partial charge in [0.05, 0.1) is 19.8 Å². The number of aromatic amines is 1. The summed E-state index contributed by atoms with van der Waals surface area (Å²) in [6.45, 7) is 6.69. The fraction of sp³-hybridized carbons (Fsp3) is 0.348. The molecule has 3 rings (SSSR count). The van der Waals surface area contributed by atoms with Gasteiger partial charge in [0.15, 0.2) is 10.6 Å². The molecule has 0 radical (unpaired) electrons. The monoisotopic (exact) mass is 440 g/mol. The van der Waals surface area contributed by atoms with E-state index < -0.39 is 0 Å². The molecule has 1 aromatic heterocycles. The second-order valence-electron chi connectivity index (χ2n) is 7.12. The van der Waals surface area contributed by atoms with Crippen molar-refractivity contribution in [3.63, 3.8) is 0 Å². The normalized spacial score (nSPS) is 10.9. The van der Waals surface area contributed by atoms with Crippen LogP contribution in [0.25, 0.3) is 11.4 Å². The predicted molar refractivity (Wildman–Crippen MR) is 123 cm³/mol. The highest BCUT2D eigenvalue weighted by atomic mass is 32.1. The number of carbonyl (C=O) groups excluding carboxylic acids is 1. The first-order valence-corrected chi connectivity index (χ1v) is 10.7. The van der Waals surface area contributed by atoms with Crippen molar-refractivity contribution in [1.82, 2.24) is 14.8 Å². The Bertz CT molecular complexity index is 1060. The third-order valence-electron chi connectivity index (χ3n) is 4.65. The molecule has 0 saturated heterocycles. The lowest BCUT2D eigenvalue weighted by atomic mass is 10.1. The molecular weight excluding hydrogens is 412 g/mol. The number of amides is 1. The van der Waals surface area contributed by atoms with Gasteiger partial charge in [-0.15, -0.1) is 0 Å². The van der Waals surface area contributed by atoms with Crippen molar-refractivity contribution >= 4 is 23.8 Å². The maximum Gasteiger partial charge on any atom is 0.226 e. The quantitative estimate of drug-likeness (QED) is 0.339. The Balaban J connectivity index is 1.56. The standard InChI is InChI=1S/C23H28N4O3S/c1-3-29-12-13-30-16-18-7-5-9-20(15-18)24-21(28)10-11-27-22(25-26-23(27)31)19-8-4-6-17(2)14-19/h4-9,14-15H,3,10-13,16H2,1-2H3,(H,24,28)(H,26,31). The lowest BCUT2D eigenvalue weighted by Gasteiger charge is -2.10. The van der Waals surface area contributed by atoms with E-state index in [4.69, 9.17) is 21.7 Å². The van der Waals surface area contributed by atoms with Crippen molar-refractivity contribution in [2.75, 3.05) is 25.1 Å². The second-order valence-corrected chi connectivity index (χ2v) is 7.51. The molecule has 0 aliphatic rings. The van der Waals surface area contributed by atoms with Gasteiger partial charge in [-0.25, -0.2) is 0 Å². The van der Waals surface area contributed by atoms with Crippen molar-refractivity contribution in [3.8, 4) is 11.4 Å². The molecule has 0 aliphatic carbocycles. The molecule has 0 spiro atoms. The Labute approximate surface area is 187 Å². The molecule has 3 aromatic rings. The minimum Gasteiger partial charge on any atom is -0.379 e. The van der Waals surface area contributed by atoms with Crippen LogP contribution < -0.4 is 5.32 Å². The predicted octanol–water partition coefficient (Wildman–Crippen LogP) is 4.50. The molecule has 7 nitrogen and oxygen atoms in total. The number of hydrogen-bond acceptors (Lipinski definition) is 5. The van der Waals surface area contributed by atoms with E-state index >= 15 is 0 Å². The van der Waals surface area contributed by atoms with Crippen LogP contribution in [0.5, 0.6) is 0 Å². The average molecular weight is 441 g/mol. The zero-order valence-corrected chi connectivity index (χ0v) is 18.7. The van der Waals surface area contributed by atoms with E-state index in [0.29, 0.717) is 37.7 Å². The molecule has 0 fully saturated rings. The van der Waals surface area contributed by atoms with Crippen molar-refractivity contribution in [1.29, 1.82) is 0 Å². The van der Waals surface area contributed by atoms with Crippen LogP contribution in [-0.2, 0) is 27.4 Å². The number of anilines is 1. The minimum atomic E-state index is -0.0901. The van der Waals surface area contributed by atoms with E-state index in [2.05, 4.69) is 15.5 Å². The Hall–Kier alpha value is -2.81. The van der Waals surface area contributed by atoms with E-state index in [9.17, 15) is 4.79 Å². The summed E-state index contributed by atoms with van der Waals surface area (Å²) >= 11 is 5.36. The summed E-state index contributed by atoms with van der Waals surface area (Å²) in [5.41, 5.74) is 3.83. The molecule has 0 unspecified atom stereocenters. The Morgan fingerprint density at radius 3 is 2.77 bits per heavy atom. The highest BCUT2D eigenvalue weighted by Crippen LogP contribution is 2.19. The molecule has 2 aromatic carbocycles. The average Bonchev–Trinajstić information content (AvgIpc) is 3.13. The smallest absolute Gasteiger partial charge is 0.226 e. The maximum absolute atomic E-state index is 12.5. The van der Waals surface area contributed by atoms with Gasteiger partial charge in [0, 0.05) is 30.8 Å². The highest BCUT2D eigenvalue weighted by molar-refractivity contribution is 7.71. The molecule has 0 atom stereocenters. The van der Waals surface area contributed by atoms with Gasteiger partial charge in [-0.2, -0.15) is 5.10 Å². The van der Waals surface area contributed by atoms with Crippen LogP contribution in [0.1, 0.15) is 24.5 Å². The number of ether oxygens (including phenoxy) is 2. The zero-order chi connectivity index (χ0) is 22.1. The summed E-state index contributed by atoms with van der Waals surface area (Å²) < 4.78 is 13.2. The van der Waals surface area contributed by atoms with E-state index in [1.165, 1.54) is 0 Å². The number of hydrogen-bond donors (Lipinski definition) is 2. The summed E-state index contributed by atoms with van der Waals surface area (Å²) in [5.74, 6) is 0.639. The number of aryl methyl sites for hydroxylation is 1. The Kier molecular flexibility index (Phi) is 8.52. The number of nitrogens with zero attached hydrogens (tertiary/aromatic N) is 2. The molecule has 0 bridgehead atoms. The summed E-state index contributed by atoms with van der Waals surface area (Å²) in [6, 6.07) is 15.7. The Morgan fingerprint density at radius 2 is 1.97 bits per heavy atom. The summed E-state index contributed by atoms with van der Waals surface area (Å²) in [4.78, 5) is 12.5. The molecule has 2 N–H and O–H groups in total. The van der Waals surface area contributed by atoms with Gasteiger partial charge in [-0.1, -0.05) is 35.9 Å². The maximum atomic E-state index is 12.5. The van der Waals surface area contributed by atoms with Gasteiger partial charge in [-0.05, 0) is 49.8 Å². The third kappa shape index (κ3) is 6.85. The number of H-pyrrole nitrogens is 1. The summed E-state index contributed by atoms with van der Waals surface area (Å²) in [6.07, 6.45) is 0.280. The number of nitrogens with one attached hydrogen (secondary N) is 2. The fourth-order valence-corrected chi connectivity index (χ4v) is 3.38. The number of benzene rings is 2. The van der Waals surface area contributed by atoms with Crippen LogP contribution in [0.3, 0.4) is 0 Å². The van der Waals surface area contributed by atoms with E-state index in [1.54, 1.807) is 0 Å². The molecule has 31 heavy (non-hydrogen) atoms. The fourth-order valence-electron chi connectivity index (χ4n) is 3.16. The number of aromatic nitrogens is 3. The van der Waals surface area contributed by atoms with Gasteiger partial charge >= 0.3 is 0 Å². The molecule has 164 valence electrons. The SMILES string of the molecule is CCOCCOCc1cccc(NC(=O)CCn2c(-c3cccc(C)c3)n[nH]c2=S)c1. The molecule has 0 saturated carbocycles. The molecule has 1 heterocycles. The summed E-state index contributed by atoms with van der Waals surface area (Å²) in [5, 5.41) is 10.1. The van der Waals surface area contributed by atoms with Crippen LogP contribution in [0.2, 0.25) is 0 Å². The molecular formula is C23H28N4O3S. The lowest BCUT2D eigenvalue weighted by molar-refractivity contribution is -0.116. The molecule has 1 amide bonds. The van der Waals surface area contributed by atoms with Gasteiger partial charge in [0.2, 0.25) is 5.91 Å². The van der Waals surface area contributed by atoms with E-state index in [0.717, 1.165) is 28.2 Å².